The molecule has 1 amide bonds. The largest absolute Gasteiger partial charge is 0.356 e. The zero-order valence-electron chi connectivity index (χ0n) is 12.3. The summed E-state index contributed by atoms with van der Waals surface area (Å²) < 4.78 is 0. The second-order valence-corrected chi connectivity index (χ2v) is 5.75. The quantitative estimate of drug-likeness (QED) is 0.801. The van der Waals surface area contributed by atoms with Gasteiger partial charge in [-0.2, -0.15) is 0 Å². The lowest BCUT2D eigenvalue weighted by Crippen LogP contribution is -2.49. The van der Waals surface area contributed by atoms with Gasteiger partial charge in [0.1, 0.15) is 0 Å². The van der Waals surface area contributed by atoms with Gasteiger partial charge in [-0.25, -0.2) is 0 Å². The van der Waals surface area contributed by atoms with Gasteiger partial charge in [-0.1, -0.05) is 29.9 Å². The van der Waals surface area contributed by atoms with Crippen LogP contribution in [-0.4, -0.2) is 53.9 Å². The van der Waals surface area contributed by atoms with E-state index in [0.717, 1.165) is 37.4 Å². The molecule has 0 aromatic heterocycles. The standard InChI is InChI=1S/C15H21N3OS/c1-11-4-5-13(12(2)10-11)16-14(19)15(20)18-8-6-17(3)7-9-18/h4-5,10H,6-9H2,1-3H3,(H,16,19). The second-order valence-electron chi connectivity index (χ2n) is 5.37. The van der Waals surface area contributed by atoms with E-state index in [1.165, 1.54) is 5.56 Å². The molecular weight excluding hydrogens is 270 g/mol. The summed E-state index contributed by atoms with van der Waals surface area (Å²) in [5.41, 5.74) is 3.07. The molecule has 108 valence electrons. The first-order valence-corrected chi connectivity index (χ1v) is 7.24. The number of rotatable bonds is 1. The number of nitrogens with one attached hydrogen (secondary N) is 1. The summed E-state index contributed by atoms with van der Waals surface area (Å²) in [7, 11) is 2.08. The highest BCUT2D eigenvalue weighted by Crippen LogP contribution is 2.16. The third-order valence-electron chi connectivity index (χ3n) is 3.61. The maximum atomic E-state index is 12.2. The van der Waals surface area contributed by atoms with Crippen molar-refractivity contribution in [2.75, 3.05) is 38.5 Å². The van der Waals surface area contributed by atoms with Crippen LogP contribution in [0.25, 0.3) is 0 Å². The molecule has 0 unspecified atom stereocenters. The van der Waals surface area contributed by atoms with Crippen LogP contribution in [0.1, 0.15) is 11.1 Å². The first kappa shape index (κ1) is 14.9. The van der Waals surface area contributed by atoms with Crippen molar-refractivity contribution < 1.29 is 4.79 Å². The van der Waals surface area contributed by atoms with Gasteiger partial charge in [0.15, 0.2) is 4.99 Å². The average Bonchev–Trinajstić information content (AvgIpc) is 2.42. The number of carbonyl (C=O) groups is 1. The Labute approximate surface area is 125 Å². The molecule has 0 atom stereocenters. The highest BCUT2D eigenvalue weighted by Gasteiger charge is 2.21. The zero-order chi connectivity index (χ0) is 14.7. The summed E-state index contributed by atoms with van der Waals surface area (Å²) in [6.07, 6.45) is 0. The van der Waals surface area contributed by atoms with E-state index in [2.05, 4.69) is 23.3 Å². The highest BCUT2D eigenvalue weighted by atomic mass is 32.1. The molecule has 1 N–H and O–H groups in total. The number of likely N-dealkylation sites (N-methyl/N-ethyl adjacent to an activating group) is 1. The van der Waals surface area contributed by atoms with Gasteiger partial charge in [-0.15, -0.1) is 0 Å². The number of nitrogens with zero attached hydrogens (tertiary/aromatic N) is 2. The van der Waals surface area contributed by atoms with Gasteiger partial charge < -0.3 is 15.1 Å². The minimum Gasteiger partial charge on any atom is -0.356 e. The summed E-state index contributed by atoms with van der Waals surface area (Å²) in [5, 5.41) is 2.91. The van der Waals surface area contributed by atoms with Crippen LogP contribution in [0.15, 0.2) is 18.2 Å². The third kappa shape index (κ3) is 3.55. The normalized spacial score (nSPS) is 16.1. The Morgan fingerprint density at radius 1 is 1.20 bits per heavy atom. The Bertz CT molecular complexity index is 522. The fourth-order valence-corrected chi connectivity index (χ4v) is 2.52. The zero-order valence-corrected chi connectivity index (χ0v) is 13.1. The fourth-order valence-electron chi connectivity index (χ4n) is 2.28. The molecule has 1 aliphatic heterocycles. The molecule has 0 spiro atoms. The second kappa shape index (κ2) is 6.33. The number of aryl methyl sites for hydroxylation is 2. The summed E-state index contributed by atoms with van der Waals surface area (Å²) in [6.45, 7) is 7.54. The number of anilines is 1. The summed E-state index contributed by atoms with van der Waals surface area (Å²) in [6, 6.07) is 5.96. The number of hydrogen-bond acceptors (Lipinski definition) is 3. The number of hydrogen-bond donors (Lipinski definition) is 1. The van der Waals surface area contributed by atoms with E-state index in [9.17, 15) is 4.79 Å². The van der Waals surface area contributed by atoms with Crippen molar-refractivity contribution in [2.45, 2.75) is 13.8 Å². The van der Waals surface area contributed by atoms with Crippen molar-refractivity contribution in [3.05, 3.63) is 29.3 Å². The predicted molar refractivity (Wildman–Crippen MR) is 86.2 cm³/mol. The van der Waals surface area contributed by atoms with Crippen molar-refractivity contribution in [1.29, 1.82) is 0 Å². The van der Waals surface area contributed by atoms with Gasteiger partial charge in [-0.3, -0.25) is 4.79 Å². The number of carbonyl (C=O) groups excluding carboxylic acids is 1. The van der Waals surface area contributed by atoms with Gasteiger partial charge in [0.25, 0.3) is 5.91 Å². The van der Waals surface area contributed by atoms with Crippen LogP contribution >= 0.6 is 12.2 Å². The molecule has 1 aliphatic rings. The molecule has 1 heterocycles. The number of piperazine rings is 1. The Kier molecular flexibility index (Phi) is 4.73. The van der Waals surface area contributed by atoms with Crippen molar-refractivity contribution in [3.63, 3.8) is 0 Å². The van der Waals surface area contributed by atoms with E-state index < -0.39 is 0 Å². The Balaban J connectivity index is 1.99. The first-order valence-electron chi connectivity index (χ1n) is 6.83. The molecule has 1 aromatic carbocycles. The molecule has 0 radical (unpaired) electrons. The number of benzene rings is 1. The smallest absolute Gasteiger partial charge is 0.283 e. The summed E-state index contributed by atoms with van der Waals surface area (Å²) >= 11 is 5.30. The molecule has 0 bridgehead atoms. The highest BCUT2D eigenvalue weighted by molar-refractivity contribution is 7.82. The topological polar surface area (TPSA) is 35.6 Å². The van der Waals surface area contributed by atoms with Crippen molar-refractivity contribution in [3.8, 4) is 0 Å². The van der Waals surface area contributed by atoms with Crippen molar-refractivity contribution in [1.82, 2.24) is 9.80 Å². The molecule has 1 saturated heterocycles. The maximum absolute atomic E-state index is 12.2. The van der Waals surface area contributed by atoms with Crippen LogP contribution in [0.3, 0.4) is 0 Å². The summed E-state index contributed by atoms with van der Waals surface area (Å²) in [5.74, 6) is -0.184. The van der Waals surface area contributed by atoms with Gasteiger partial charge in [0.2, 0.25) is 0 Å². The van der Waals surface area contributed by atoms with E-state index in [-0.39, 0.29) is 5.91 Å². The third-order valence-corrected chi connectivity index (χ3v) is 4.06. The Hall–Kier alpha value is -1.46. The van der Waals surface area contributed by atoms with Gasteiger partial charge in [0, 0.05) is 31.9 Å². The Morgan fingerprint density at radius 2 is 1.85 bits per heavy atom. The lowest BCUT2D eigenvalue weighted by Gasteiger charge is -2.33. The molecule has 0 saturated carbocycles. The molecule has 0 aliphatic carbocycles. The van der Waals surface area contributed by atoms with Crippen LogP contribution in [-0.2, 0) is 4.79 Å². The van der Waals surface area contributed by atoms with Crippen molar-refractivity contribution >= 4 is 28.8 Å². The minimum absolute atomic E-state index is 0.184. The summed E-state index contributed by atoms with van der Waals surface area (Å²) in [4.78, 5) is 16.8. The first-order chi connectivity index (χ1) is 9.47. The van der Waals surface area contributed by atoms with E-state index in [1.807, 2.05) is 30.9 Å². The maximum Gasteiger partial charge on any atom is 0.283 e. The number of thiocarbonyl (C=S) groups is 1. The van der Waals surface area contributed by atoms with Crippen LogP contribution in [0.5, 0.6) is 0 Å². The lowest BCUT2D eigenvalue weighted by molar-refractivity contribution is -0.110. The molecular formula is C15H21N3OS. The molecule has 4 nitrogen and oxygen atoms in total. The molecule has 5 heteroatoms. The monoisotopic (exact) mass is 291 g/mol. The fraction of sp³-hybridized carbons (Fsp3) is 0.467. The molecule has 20 heavy (non-hydrogen) atoms. The van der Waals surface area contributed by atoms with Gasteiger partial charge in [0.05, 0.1) is 0 Å². The van der Waals surface area contributed by atoms with E-state index in [0.29, 0.717) is 4.99 Å². The SMILES string of the molecule is Cc1ccc(NC(=O)C(=S)N2CCN(C)CC2)c(C)c1. The predicted octanol–water partition coefficient (Wildman–Crippen LogP) is 1.82. The van der Waals surface area contributed by atoms with Crippen LogP contribution in [0.2, 0.25) is 0 Å². The van der Waals surface area contributed by atoms with Crippen LogP contribution in [0.4, 0.5) is 5.69 Å². The van der Waals surface area contributed by atoms with Gasteiger partial charge in [-0.05, 0) is 32.5 Å². The van der Waals surface area contributed by atoms with E-state index >= 15 is 0 Å². The van der Waals surface area contributed by atoms with E-state index in [1.54, 1.807) is 0 Å². The van der Waals surface area contributed by atoms with Crippen molar-refractivity contribution in [2.24, 2.45) is 0 Å². The molecule has 1 fully saturated rings. The van der Waals surface area contributed by atoms with Crippen LogP contribution in [0, 0.1) is 13.8 Å². The van der Waals surface area contributed by atoms with Crippen LogP contribution < -0.4 is 5.32 Å². The molecule has 1 aromatic rings. The molecule has 2 rings (SSSR count). The van der Waals surface area contributed by atoms with E-state index in [4.69, 9.17) is 12.2 Å². The number of amides is 1. The minimum atomic E-state index is -0.184. The van der Waals surface area contributed by atoms with Gasteiger partial charge >= 0.3 is 0 Å². The lowest BCUT2D eigenvalue weighted by atomic mass is 10.1. The Morgan fingerprint density at radius 3 is 2.45 bits per heavy atom. The average molecular weight is 291 g/mol.